The molecule has 0 aromatic carbocycles. The first-order valence-electron chi connectivity index (χ1n) is 9.56. The molecule has 0 bridgehead atoms. The maximum Gasteiger partial charge on any atom is 0.0794 e. The smallest absolute Gasteiger partial charge is 0.0794 e. The van der Waals surface area contributed by atoms with Crippen LogP contribution in [0.25, 0.3) is 0 Å². The number of rotatable bonds is 15. The Hall–Kier alpha value is -0.160. The van der Waals surface area contributed by atoms with Crippen LogP contribution in [-0.2, 0) is 0 Å². The van der Waals surface area contributed by atoms with E-state index in [2.05, 4.69) is 38.3 Å². The quantitative estimate of drug-likeness (QED) is 0.277. The first-order valence-corrected chi connectivity index (χ1v) is 9.56. The third-order valence-corrected chi connectivity index (χ3v) is 4.66. The van der Waals surface area contributed by atoms with Crippen LogP contribution in [0, 0.1) is 0 Å². The molecule has 0 rings (SSSR count). The van der Waals surface area contributed by atoms with Gasteiger partial charge in [-0.2, -0.15) is 0 Å². The molecule has 0 fully saturated rings. The average Bonchev–Trinajstić information content (AvgIpc) is 2.50. The summed E-state index contributed by atoms with van der Waals surface area (Å²) < 4.78 is 0. The minimum Gasteiger partial charge on any atom is -0.314 e. The van der Waals surface area contributed by atoms with Gasteiger partial charge in [0.25, 0.3) is 0 Å². The molecule has 0 aromatic heterocycles. The van der Waals surface area contributed by atoms with Crippen LogP contribution in [0.15, 0.2) is 0 Å². The molecule has 0 radical (unpaired) electrons. The lowest BCUT2D eigenvalue weighted by molar-refractivity contribution is 0.271. The second-order valence-corrected chi connectivity index (χ2v) is 6.60. The highest BCUT2D eigenvalue weighted by molar-refractivity contribution is 4.89. The van der Waals surface area contributed by atoms with Crippen LogP contribution in [0.2, 0.25) is 0 Å². The van der Waals surface area contributed by atoms with E-state index in [1.807, 2.05) is 0 Å². The van der Waals surface area contributed by atoms with Gasteiger partial charge >= 0.3 is 0 Å². The SMILES string of the molecule is CCNC(CC)CCCCCCCC(N)(N)C(CC)NCC. The molecule has 0 aliphatic heterocycles. The van der Waals surface area contributed by atoms with Crippen molar-refractivity contribution in [1.29, 1.82) is 0 Å². The van der Waals surface area contributed by atoms with E-state index >= 15 is 0 Å². The maximum absolute atomic E-state index is 6.30. The van der Waals surface area contributed by atoms with E-state index in [4.69, 9.17) is 11.5 Å². The van der Waals surface area contributed by atoms with E-state index in [0.717, 1.165) is 32.4 Å². The molecule has 22 heavy (non-hydrogen) atoms. The molecule has 0 amide bonds. The Bertz CT molecular complexity index is 243. The van der Waals surface area contributed by atoms with Crippen molar-refractivity contribution in [2.45, 2.75) is 103 Å². The Kier molecular flexibility index (Phi) is 13.2. The number of unbranched alkanes of at least 4 members (excludes halogenated alkanes) is 4. The fourth-order valence-corrected chi connectivity index (χ4v) is 3.23. The molecule has 0 aromatic rings. The summed E-state index contributed by atoms with van der Waals surface area (Å²) in [4.78, 5) is 0. The largest absolute Gasteiger partial charge is 0.314 e. The highest BCUT2D eigenvalue weighted by Gasteiger charge is 2.27. The summed E-state index contributed by atoms with van der Waals surface area (Å²) in [5.74, 6) is 0. The summed E-state index contributed by atoms with van der Waals surface area (Å²) in [5.41, 5.74) is 12.0. The molecule has 4 nitrogen and oxygen atoms in total. The molecule has 0 saturated heterocycles. The summed E-state index contributed by atoms with van der Waals surface area (Å²) >= 11 is 0. The lowest BCUT2D eigenvalue weighted by Gasteiger charge is -2.34. The van der Waals surface area contributed by atoms with Crippen LogP contribution in [0.3, 0.4) is 0 Å². The lowest BCUT2D eigenvalue weighted by atomic mass is 9.93. The normalized spacial score (nSPS) is 15.0. The van der Waals surface area contributed by atoms with Crippen molar-refractivity contribution < 1.29 is 0 Å². The molecule has 4 heteroatoms. The topological polar surface area (TPSA) is 76.1 Å². The lowest BCUT2D eigenvalue weighted by Crippen LogP contribution is -2.63. The van der Waals surface area contributed by atoms with Crippen molar-refractivity contribution in [1.82, 2.24) is 10.6 Å². The van der Waals surface area contributed by atoms with E-state index < -0.39 is 5.66 Å². The van der Waals surface area contributed by atoms with Gasteiger partial charge in [-0.15, -0.1) is 0 Å². The molecule has 0 spiro atoms. The van der Waals surface area contributed by atoms with Crippen molar-refractivity contribution in [2.24, 2.45) is 11.5 Å². The van der Waals surface area contributed by atoms with Crippen LogP contribution >= 0.6 is 0 Å². The van der Waals surface area contributed by atoms with E-state index in [1.54, 1.807) is 0 Å². The second-order valence-electron chi connectivity index (χ2n) is 6.60. The Morgan fingerprint density at radius 2 is 1.36 bits per heavy atom. The van der Waals surface area contributed by atoms with Gasteiger partial charge in [0, 0.05) is 12.1 Å². The van der Waals surface area contributed by atoms with E-state index in [9.17, 15) is 0 Å². The Balaban J connectivity index is 3.71. The molecule has 0 heterocycles. The predicted molar refractivity (Wildman–Crippen MR) is 98.9 cm³/mol. The highest BCUT2D eigenvalue weighted by Crippen LogP contribution is 2.16. The first kappa shape index (κ1) is 21.8. The van der Waals surface area contributed by atoms with Crippen molar-refractivity contribution >= 4 is 0 Å². The molecular formula is C18H42N4. The average molecular weight is 315 g/mol. The van der Waals surface area contributed by atoms with Gasteiger partial charge < -0.3 is 22.1 Å². The van der Waals surface area contributed by atoms with Gasteiger partial charge in [0.2, 0.25) is 0 Å². The van der Waals surface area contributed by atoms with Gasteiger partial charge in [-0.05, 0) is 38.8 Å². The standard InChI is InChI=1S/C18H42N4/c1-5-16(21-7-3)14-12-10-9-11-13-15-18(19,20)17(6-2)22-8-4/h16-17,21-22H,5-15,19-20H2,1-4H3. The van der Waals surface area contributed by atoms with Crippen molar-refractivity contribution in [3.8, 4) is 0 Å². The van der Waals surface area contributed by atoms with Gasteiger partial charge in [0.15, 0.2) is 0 Å². The number of nitrogens with two attached hydrogens (primary N) is 2. The Morgan fingerprint density at radius 1 is 0.773 bits per heavy atom. The molecule has 134 valence electrons. The van der Waals surface area contributed by atoms with Crippen molar-refractivity contribution in [3.63, 3.8) is 0 Å². The summed E-state index contributed by atoms with van der Waals surface area (Å²) in [6.45, 7) is 10.7. The van der Waals surface area contributed by atoms with E-state index in [1.165, 1.54) is 38.5 Å². The second kappa shape index (κ2) is 13.3. The fourth-order valence-electron chi connectivity index (χ4n) is 3.23. The predicted octanol–water partition coefficient (Wildman–Crippen LogP) is 3.11. The number of likely N-dealkylation sites (N-methyl/N-ethyl adjacent to an activating group) is 1. The van der Waals surface area contributed by atoms with Gasteiger partial charge in [-0.1, -0.05) is 59.8 Å². The molecule has 0 aliphatic carbocycles. The third-order valence-electron chi connectivity index (χ3n) is 4.66. The van der Waals surface area contributed by atoms with E-state index in [0.29, 0.717) is 6.04 Å². The third kappa shape index (κ3) is 9.78. The molecule has 0 aliphatic rings. The highest BCUT2D eigenvalue weighted by atomic mass is 15.1. The van der Waals surface area contributed by atoms with Gasteiger partial charge in [0.05, 0.1) is 5.66 Å². The van der Waals surface area contributed by atoms with Gasteiger partial charge in [-0.25, -0.2) is 0 Å². The van der Waals surface area contributed by atoms with Gasteiger partial charge in [-0.3, -0.25) is 0 Å². The summed E-state index contributed by atoms with van der Waals surface area (Å²) in [7, 11) is 0. The first-order chi connectivity index (χ1) is 10.5. The zero-order chi connectivity index (χ0) is 16.8. The minimum atomic E-state index is -0.566. The molecule has 2 unspecified atom stereocenters. The zero-order valence-electron chi connectivity index (χ0n) is 15.6. The summed E-state index contributed by atoms with van der Waals surface area (Å²) in [6.07, 6.45) is 10.8. The van der Waals surface area contributed by atoms with E-state index in [-0.39, 0.29) is 6.04 Å². The van der Waals surface area contributed by atoms with Crippen LogP contribution in [-0.4, -0.2) is 30.8 Å². The number of nitrogens with one attached hydrogen (secondary N) is 2. The zero-order valence-corrected chi connectivity index (χ0v) is 15.6. The van der Waals surface area contributed by atoms with Crippen molar-refractivity contribution in [2.75, 3.05) is 13.1 Å². The Morgan fingerprint density at radius 3 is 1.91 bits per heavy atom. The Labute approximate surface area is 139 Å². The van der Waals surface area contributed by atoms with Gasteiger partial charge in [0.1, 0.15) is 0 Å². The van der Waals surface area contributed by atoms with Crippen LogP contribution in [0.1, 0.15) is 85.5 Å². The number of hydrogen-bond acceptors (Lipinski definition) is 4. The van der Waals surface area contributed by atoms with Crippen LogP contribution in [0.4, 0.5) is 0 Å². The fraction of sp³-hybridized carbons (Fsp3) is 1.00. The molecule has 0 saturated carbocycles. The summed E-state index contributed by atoms with van der Waals surface area (Å²) in [5, 5.41) is 6.95. The molecule has 2 atom stereocenters. The number of hydrogen-bond donors (Lipinski definition) is 4. The maximum atomic E-state index is 6.30. The monoisotopic (exact) mass is 314 g/mol. The molecular weight excluding hydrogens is 272 g/mol. The van der Waals surface area contributed by atoms with Crippen LogP contribution in [0.5, 0.6) is 0 Å². The summed E-state index contributed by atoms with van der Waals surface area (Å²) in [6, 6.07) is 0.930. The van der Waals surface area contributed by atoms with Crippen molar-refractivity contribution in [3.05, 3.63) is 0 Å². The van der Waals surface area contributed by atoms with Crippen LogP contribution < -0.4 is 22.1 Å². The minimum absolute atomic E-state index is 0.225. The molecule has 6 N–H and O–H groups in total.